The van der Waals surface area contributed by atoms with Crippen LogP contribution < -0.4 is 5.32 Å². The second-order valence-electron chi connectivity index (χ2n) is 4.02. The molecule has 0 aromatic carbocycles. The number of likely N-dealkylation sites (N-methyl/N-ethyl adjacent to an activating group) is 1. The Hall–Kier alpha value is -0.0800. The molecule has 0 heterocycles. The lowest BCUT2D eigenvalue weighted by Gasteiger charge is -2.40. The molecule has 1 aliphatic rings. The Kier molecular flexibility index (Phi) is 4.02. The van der Waals surface area contributed by atoms with Gasteiger partial charge >= 0.3 is 0 Å². The van der Waals surface area contributed by atoms with E-state index in [4.69, 9.17) is 0 Å². The molecule has 1 aliphatic carbocycles. The van der Waals surface area contributed by atoms with Crippen LogP contribution in [0.2, 0.25) is 0 Å². The van der Waals surface area contributed by atoms with E-state index in [2.05, 4.69) is 24.1 Å². The zero-order valence-corrected chi connectivity index (χ0v) is 8.64. The van der Waals surface area contributed by atoms with Gasteiger partial charge in [-0.1, -0.05) is 6.42 Å². The molecule has 2 heteroatoms. The molecule has 0 amide bonds. The third kappa shape index (κ3) is 2.46. The van der Waals surface area contributed by atoms with E-state index in [1.807, 2.05) is 7.05 Å². The van der Waals surface area contributed by atoms with Crippen molar-refractivity contribution < 1.29 is 0 Å². The minimum absolute atomic E-state index is 0.712. The normalized spacial score (nSPS) is 18.8. The standard InChI is InChI=1S/C10H22N2/c1-9(2)12(8-7-11-3)10-5-4-6-10/h9-11H,4-8H2,1-3H3. The van der Waals surface area contributed by atoms with E-state index < -0.39 is 0 Å². The molecule has 72 valence electrons. The van der Waals surface area contributed by atoms with Crippen LogP contribution in [0.25, 0.3) is 0 Å². The van der Waals surface area contributed by atoms with E-state index in [9.17, 15) is 0 Å². The number of hydrogen-bond donors (Lipinski definition) is 1. The summed E-state index contributed by atoms with van der Waals surface area (Å²) in [5, 5.41) is 3.21. The van der Waals surface area contributed by atoms with Gasteiger partial charge in [0, 0.05) is 25.2 Å². The molecule has 0 bridgehead atoms. The molecule has 0 radical (unpaired) electrons. The second kappa shape index (κ2) is 4.83. The van der Waals surface area contributed by atoms with E-state index >= 15 is 0 Å². The van der Waals surface area contributed by atoms with E-state index in [0.717, 1.165) is 12.6 Å². The summed E-state index contributed by atoms with van der Waals surface area (Å²) in [6, 6.07) is 1.60. The van der Waals surface area contributed by atoms with Gasteiger partial charge in [-0.15, -0.1) is 0 Å². The van der Waals surface area contributed by atoms with Crippen LogP contribution in [0, 0.1) is 0 Å². The summed E-state index contributed by atoms with van der Waals surface area (Å²) in [6.07, 6.45) is 4.28. The molecule has 0 spiro atoms. The topological polar surface area (TPSA) is 15.3 Å². The van der Waals surface area contributed by atoms with Crippen molar-refractivity contribution in [3.8, 4) is 0 Å². The first-order valence-electron chi connectivity index (χ1n) is 5.16. The summed E-state index contributed by atoms with van der Waals surface area (Å²) in [6.45, 7) is 6.93. The minimum Gasteiger partial charge on any atom is -0.318 e. The Bertz CT molecular complexity index is 119. The predicted molar refractivity (Wildman–Crippen MR) is 53.4 cm³/mol. The summed E-state index contributed by atoms with van der Waals surface area (Å²) in [5.41, 5.74) is 0. The van der Waals surface area contributed by atoms with E-state index in [1.165, 1.54) is 25.8 Å². The van der Waals surface area contributed by atoms with Crippen molar-refractivity contribution in [2.75, 3.05) is 20.1 Å². The molecule has 2 nitrogen and oxygen atoms in total. The van der Waals surface area contributed by atoms with E-state index in [0.29, 0.717) is 6.04 Å². The van der Waals surface area contributed by atoms with Crippen molar-refractivity contribution in [3.05, 3.63) is 0 Å². The Labute approximate surface area is 76.3 Å². The zero-order valence-electron chi connectivity index (χ0n) is 8.64. The van der Waals surface area contributed by atoms with Gasteiger partial charge in [0.2, 0.25) is 0 Å². The minimum atomic E-state index is 0.712. The van der Waals surface area contributed by atoms with Gasteiger partial charge in [0.1, 0.15) is 0 Å². The Morgan fingerprint density at radius 3 is 2.42 bits per heavy atom. The van der Waals surface area contributed by atoms with Gasteiger partial charge in [0.15, 0.2) is 0 Å². The zero-order chi connectivity index (χ0) is 8.97. The maximum Gasteiger partial charge on any atom is 0.0112 e. The first kappa shape index (κ1) is 10.0. The summed E-state index contributed by atoms with van der Waals surface area (Å²) in [7, 11) is 2.03. The SMILES string of the molecule is CNCCN(C(C)C)C1CCC1. The third-order valence-corrected chi connectivity index (χ3v) is 2.83. The fourth-order valence-corrected chi connectivity index (χ4v) is 1.82. The maximum atomic E-state index is 3.21. The Balaban J connectivity index is 2.27. The van der Waals surface area contributed by atoms with Crippen LogP contribution in [0.1, 0.15) is 33.1 Å². The van der Waals surface area contributed by atoms with Crippen molar-refractivity contribution in [1.29, 1.82) is 0 Å². The average molecular weight is 170 g/mol. The molecule has 12 heavy (non-hydrogen) atoms. The van der Waals surface area contributed by atoms with Crippen LogP contribution >= 0.6 is 0 Å². The quantitative estimate of drug-likeness (QED) is 0.672. The first-order chi connectivity index (χ1) is 5.75. The highest BCUT2D eigenvalue weighted by Crippen LogP contribution is 2.25. The van der Waals surface area contributed by atoms with Crippen molar-refractivity contribution in [3.63, 3.8) is 0 Å². The van der Waals surface area contributed by atoms with Crippen LogP contribution in [0.15, 0.2) is 0 Å². The highest BCUT2D eigenvalue weighted by atomic mass is 15.2. The Morgan fingerprint density at radius 1 is 1.42 bits per heavy atom. The van der Waals surface area contributed by atoms with Crippen molar-refractivity contribution in [2.24, 2.45) is 0 Å². The summed E-state index contributed by atoms with van der Waals surface area (Å²) in [4.78, 5) is 2.62. The van der Waals surface area contributed by atoms with Crippen LogP contribution in [-0.2, 0) is 0 Å². The van der Waals surface area contributed by atoms with Gasteiger partial charge in [0.05, 0.1) is 0 Å². The highest BCUT2D eigenvalue weighted by Gasteiger charge is 2.25. The lowest BCUT2D eigenvalue weighted by atomic mass is 9.90. The second-order valence-corrected chi connectivity index (χ2v) is 4.02. The van der Waals surface area contributed by atoms with Crippen molar-refractivity contribution >= 4 is 0 Å². The van der Waals surface area contributed by atoms with Crippen LogP contribution in [-0.4, -0.2) is 37.1 Å². The van der Waals surface area contributed by atoms with Crippen molar-refractivity contribution in [2.45, 2.75) is 45.2 Å². The predicted octanol–water partition coefficient (Wildman–Crippen LogP) is 1.47. The van der Waals surface area contributed by atoms with Crippen LogP contribution in [0.3, 0.4) is 0 Å². The van der Waals surface area contributed by atoms with Crippen molar-refractivity contribution in [1.82, 2.24) is 10.2 Å². The third-order valence-electron chi connectivity index (χ3n) is 2.83. The largest absolute Gasteiger partial charge is 0.318 e. The summed E-state index contributed by atoms with van der Waals surface area (Å²) < 4.78 is 0. The fraction of sp³-hybridized carbons (Fsp3) is 1.00. The lowest BCUT2D eigenvalue weighted by Crippen LogP contribution is -2.46. The molecule has 1 saturated carbocycles. The lowest BCUT2D eigenvalue weighted by molar-refractivity contribution is 0.0961. The molecule has 0 aromatic heterocycles. The van der Waals surface area contributed by atoms with Gasteiger partial charge < -0.3 is 5.32 Å². The van der Waals surface area contributed by atoms with Gasteiger partial charge in [-0.2, -0.15) is 0 Å². The van der Waals surface area contributed by atoms with Crippen LogP contribution in [0.5, 0.6) is 0 Å². The molecule has 0 unspecified atom stereocenters. The molecule has 0 aromatic rings. The van der Waals surface area contributed by atoms with Gasteiger partial charge in [-0.25, -0.2) is 0 Å². The number of nitrogens with zero attached hydrogens (tertiary/aromatic N) is 1. The molecule has 1 N–H and O–H groups in total. The molecule has 0 aliphatic heterocycles. The first-order valence-corrected chi connectivity index (χ1v) is 5.16. The van der Waals surface area contributed by atoms with Gasteiger partial charge in [-0.05, 0) is 33.7 Å². The molecule has 1 rings (SSSR count). The summed E-state index contributed by atoms with van der Waals surface area (Å²) >= 11 is 0. The molecule has 1 fully saturated rings. The molecule has 0 saturated heterocycles. The smallest absolute Gasteiger partial charge is 0.0112 e. The van der Waals surface area contributed by atoms with E-state index in [-0.39, 0.29) is 0 Å². The number of hydrogen-bond acceptors (Lipinski definition) is 2. The molecular formula is C10H22N2. The number of nitrogens with one attached hydrogen (secondary N) is 1. The number of rotatable bonds is 5. The fourth-order valence-electron chi connectivity index (χ4n) is 1.82. The summed E-state index contributed by atoms with van der Waals surface area (Å²) in [5.74, 6) is 0. The molecular weight excluding hydrogens is 148 g/mol. The molecule has 0 atom stereocenters. The highest BCUT2D eigenvalue weighted by molar-refractivity contribution is 4.82. The Morgan fingerprint density at radius 2 is 2.08 bits per heavy atom. The van der Waals surface area contributed by atoms with Gasteiger partial charge in [0.25, 0.3) is 0 Å². The van der Waals surface area contributed by atoms with Crippen LogP contribution in [0.4, 0.5) is 0 Å². The monoisotopic (exact) mass is 170 g/mol. The maximum absolute atomic E-state index is 3.21. The van der Waals surface area contributed by atoms with E-state index in [1.54, 1.807) is 0 Å². The average Bonchev–Trinajstić information content (AvgIpc) is 1.93. The van der Waals surface area contributed by atoms with Gasteiger partial charge in [-0.3, -0.25) is 4.90 Å².